The summed E-state index contributed by atoms with van der Waals surface area (Å²) in [6, 6.07) is 16.1. The zero-order chi connectivity index (χ0) is 14.7. The van der Waals surface area contributed by atoms with Crippen molar-refractivity contribution in [1.82, 2.24) is 9.78 Å². The van der Waals surface area contributed by atoms with Gasteiger partial charge < -0.3 is 5.32 Å². The standard InChI is InChI=1S/C16H13ClFN3/c17-15-10-12(18)6-7-16(15)19-11-13-8-9-21(20-13)14-4-2-1-3-5-14/h1-10,19H,11H2. The maximum absolute atomic E-state index is 13.0. The number of para-hydroxylation sites is 1. The Hall–Kier alpha value is -2.33. The Morgan fingerprint density at radius 3 is 2.67 bits per heavy atom. The highest BCUT2D eigenvalue weighted by atomic mass is 35.5. The molecule has 1 N–H and O–H groups in total. The third-order valence-electron chi connectivity index (χ3n) is 3.06. The van der Waals surface area contributed by atoms with Crippen LogP contribution in [0.3, 0.4) is 0 Å². The lowest BCUT2D eigenvalue weighted by molar-refractivity contribution is 0.628. The van der Waals surface area contributed by atoms with E-state index in [1.807, 2.05) is 47.3 Å². The van der Waals surface area contributed by atoms with Crippen LogP contribution in [0.2, 0.25) is 5.02 Å². The number of anilines is 1. The van der Waals surface area contributed by atoms with Crippen LogP contribution >= 0.6 is 11.6 Å². The van der Waals surface area contributed by atoms with Crippen LogP contribution in [0.15, 0.2) is 60.8 Å². The first-order chi connectivity index (χ1) is 10.2. The van der Waals surface area contributed by atoms with E-state index in [0.29, 0.717) is 17.3 Å². The number of nitrogens with one attached hydrogen (secondary N) is 1. The molecule has 3 aromatic rings. The van der Waals surface area contributed by atoms with E-state index >= 15 is 0 Å². The molecule has 1 heterocycles. The molecule has 5 heteroatoms. The first kappa shape index (κ1) is 13.6. The number of rotatable bonds is 4. The molecule has 3 nitrogen and oxygen atoms in total. The fourth-order valence-electron chi connectivity index (χ4n) is 2.00. The van der Waals surface area contributed by atoms with Crippen LogP contribution in [0.4, 0.5) is 10.1 Å². The lowest BCUT2D eigenvalue weighted by Crippen LogP contribution is -2.02. The van der Waals surface area contributed by atoms with Gasteiger partial charge in [0.15, 0.2) is 0 Å². The molecular weight excluding hydrogens is 289 g/mol. The fourth-order valence-corrected chi connectivity index (χ4v) is 2.23. The van der Waals surface area contributed by atoms with Crippen LogP contribution in [0.1, 0.15) is 5.69 Å². The lowest BCUT2D eigenvalue weighted by atomic mass is 10.3. The minimum absolute atomic E-state index is 0.348. The summed E-state index contributed by atoms with van der Waals surface area (Å²) in [4.78, 5) is 0. The summed E-state index contributed by atoms with van der Waals surface area (Å²) in [5, 5.41) is 7.99. The van der Waals surface area contributed by atoms with E-state index in [-0.39, 0.29) is 5.82 Å². The van der Waals surface area contributed by atoms with E-state index in [4.69, 9.17) is 11.6 Å². The maximum Gasteiger partial charge on any atom is 0.124 e. The van der Waals surface area contributed by atoms with Gasteiger partial charge in [0.1, 0.15) is 5.82 Å². The van der Waals surface area contributed by atoms with Crippen molar-refractivity contribution in [3.63, 3.8) is 0 Å². The average Bonchev–Trinajstić information content (AvgIpc) is 2.96. The van der Waals surface area contributed by atoms with Crippen molar-refractivity contribution in [2.24, 2.45) is 0 Å². The molecule has 0 aliphatic heterocycles. The van der Waals surface area contributed by atoms with Crippen LogP contribution < -0.4 is 5.32 Å². The molecule has 1 aromatic heterocycles. The Labute approximate surface area is 127 Å². The molecule has 0 aliphatic rings. The number of nitrogens with zero attached hydrogens (tertiary/aromatic N) is 2. The summed E-state index contributed by atoms with van der Waals surface area (Å²) in [6.07, 6.45) is 1.90. The number of aromatic nitrogens is 2. The molecule has 0 amide bonds. The van der Waals surface area contributed by atoms with Crippen molar-refractivity contribution < 1.29 is 4.39 Å². The van der Waals surface area contributed by atoms with Gasteiger partial charge in [-0.05, 0) is 36.4 Å². The zero-order valence-corrected chi connectivity index (χ0v) is 11.9. The SMILES string of the molecule is Fc1ccc(NCc2ccn(-c3ccccc3)n2)c(Cl)c1. The average molecular weight is 302 g/mol. The van der Waals surface area contributed by atoms with Gasteiger partial charge in [-0.1, -0.05) is 29.8 Å². The number of hydrogen-bond donors (Lipinski definition) is 1. The molecule has 0 bridgehead atoms. The summed E-state index contributed by atoms with van der Waals surface area (Å²) in [7, 11) is 0. The predicted octanol–water partition coefficient (Wildman–Crippen LogP) is 4.28. The Morgan fingerprint density at radius 1 is 1.10 bits per heavy atom. The van der Waals surface area contributed by atoms with Crippen molar-refractivity contribution in [2.45, 2.75) is 6.54 Å². The third kappa shape index (κ3) is 3.23. The molecule has 0 atom stereocenters. The fraction of sp³-hybridized carbons (Fsp3) is 0.0625. The van der Waals surface area contributed by atoms with E-state index in [1.165, 1.54) is 12.1 Å². The summed E-state index contributed by atoms with van der Waals surface area (Å²) < 4.78 is 14.8. The summed E-state index contributed by atoms with van der Waals surface area (Å²) >= 11 is 5.97. The molecule has 0 aliphatic carbocycles. The smallest absolute Gasteiger partial charge is 0.124 e. The highest BCUT2D eigenvalue weighted by Gasteiger charge is 2.04. The highest BCUT2D eigenvalue weighted by molar-refractivity contribution is 6.33. The van der Waals surface area contributed by atoms with Gasteiger partial charge in [-0.3, -0.25) is 0 Å². The van der Waals surface area contributed by atoms with Gasteiger partial charge >= 0.3 is 0 Å². The van der Waals surface area contributed by atoms with E-state index in [1.54, 1.807) is 6.07 Å². The first-order valence-electron chi connectivity index (χ1n) is 6.51. The summed E-state index contributed by atoms with van der Waals surface area (Å²) in [5.74, 6) is -0.348. The van der Waals surface area contributed by atoms with Crippen molar-refractivity contribution in [3.05, 3.63) is 77.3 Å². The van der Waals surface area contributed by atoms with E-state index in [9.17, 15) is 4.39 Å². The molecule has 2 aromatic carbocycles. The van der Waals surface area contributed by atoms with Crippen molar-refractivity contribution >= 4 is 17.3 Å². The minimum Gasteiger partial charge on any atom is -0.378 e. The second-order valence-corrected chi connectivity index (χ2v) is 4.97. The number of hydrogen-bond acceptors (Lipinski definition) is 2. The Kier molecular flexibility index (Phi) is 3.88. The Balaban J connectivity index is 1.70. The number of benzene rings is 2. The first-order valence-corrected chi connectivity index (χ1v) is 6.89. The highest BCUT2D eigenvalue weighted by Crippen LogP contribution is 2.22. The molecule has 0 saturated heterocycles. The Morgan fingerprint density at radius 2 is 1.90 bits per heavy atom. The molecule has 106 valence electrons. The van der Waals surface area contributed by atoms with Crippen LogP contribution in [0, 0.1) is 5.82 Å². The van der Waals surface area contributed by atoms with Crippen LogP contribution in [-0.2, 0) is 6.54 Å². The zero-order valence-electron chi connectivity index (χ0n) is 11.1. The molecule has 0 unspecified atom stereocenters. The van der Waals surface area contributed by atoms with Gasteiger partial charge in [0, 0.05) is 6.20 Å². The normalized spacial score (nSPS) is 10.6. The van der Waals surface area contributed by atoms with E-state index in [2.05, 4.69) is 10.4 Å². The molecule has 0 saturated carbocycles. The largest absolute Gasteiger partial charge is 0.378 e. The van der Waals surface area contributed by atoms with E-state index < -0.39 is 0 Å². The third-order valence-corrected chi connectivity index (χ3v) is 3.37. The van der Waals surface area contributed by atoms with Gasteiger partial charge in [-0.2, -0.15) is 5.10 Å². The van der Waals surface area contributed by atoms with Crippen molar-refractivity contribution in [1.29, 1.82) is 0 Å². The monoisotopic (exact) mass is 301 g/mol. The van der Waals surface area contributed by atoms with Crippen molar-refractivity contribution in [3.8, 4) is 5.69 Å². The maximum atomic E-state index is 13.0. The molecule has 21 heavy (non-hydrogen) atoms. The van der Waals surface area contributed by atoms with Gasteiger partial charge in [0.25, 0.3) is 0 Å². The molecular formula is C16H13ClFN3. The molecule has 0 spiro atoms. The van der Waals surface area contributed by atoms with Crippen LogP contribution in [-0.4, -0.2) is 9.78 Å². The summed E-state index contributed by atoms with van der Waals surface area (Å²) in [5.41, 5.74) is 2.56. The van der Waals surface area contributed by atoms with Crippen LogP contribution in [0.25, 0.3) is 5.69 Å². The van der Waals surface area contributed by atoms with Crippen molar-refractivity contribution in [2.75, 3.05) is 5.32 Å². The Bertz CT molecular complexity index is 740. The van der Waals surface area contributed by atoms with E-state index in [0.717, 1.165) is 11.4 Å². The topological polar surface area (TPSA) is 29.9 Å². The second kappa shape index (κ2) is 5.97. The van der Waals surface area contributed by atoms with Crippen LogP contribution in [0.5, 0.6) is 0 Å². The second-order valence-electron chi connectivity index (χ2n) is 4.56. The molecule has 0 radical (unpaired) electrons. The van der Waals surface area contributed by atoms with Gasteiger partial charge in [0.2, 0.25) is 0 Å². The predicted molar refractivity (Wildman–Crippen MR) is 82.3 cm³/mol. The van der Waals surface area contributed by atoms with Gasteiger partial charge in [-0.25, -0.2) is 9.07 Å². The lowest BCUT2D eigenvalue weighted by Gasteiger charge is -2.06. The molecule has 3 rings (SSSR count). The minimum atomic E-state index is -0.348. The van der Waals surface area contributed by atoms with Gasteiger partial charge in [0.05, 0.1) is 28.6 Å². The number of halogens is 2. The van der Waals surface area contributed by atoms with Gasteiger partial charge in [-0.15, -0.1) is 0 Å². The summed E-state index contributed by atoms with van der Waals surface area (Å²) in [6.45, 7) is 0.519. The quantitative estimate of drug-likeness (QED) is 0.779. The molecule has 0 fully saturated rings.